The van der Waals surface area contributed by atoms with Gasteiger partial charge in [-0.05, 0) is 18.2 Å². The van der Waals surface area contributed by atoms with Crippen molar-refractivity contribution in [3.8, 4) is 0 Å². The van der Waals surface area contributed by atoms with Crippen molar-refractivity contribution in [2.45, 2.75) is 12.8 Å². The van der Waals surface area contributed by atoms with Crippen molar-refractivity contribution in [2.75, 3.05) is 24.7 Å². The van der Waals surface area contributed by atoms with Crippen LogP contribution in [0.25, 0.3) is 0 Å². The number of ether oxygens (including phenoxy) is 2. The Balaban J connectivity index is 1.65. The molecule has 4 amide bonds. The van der Waals surface area contributed by atoms with Gasteiger partial charge in [-0.3, -0.25) is 19.3 Å². The summed E-state index contributed by atoms with van der Waals surface area (Å²) in [6, 6.07) is 5.82. The van der Waals surface area contributed by atoms with E-state index in [9.17, 15) is 24.0 Å². The number of carbonyl (C=O) groups is 5. The van der Waals surface area contributed by atoms with Crippen molar-refractivity contribution >= 4 is 35.5 Å². The molecule has 2 saturated heterocycles. The Morgan fingerprint density at radius 1 is 1.12 bits per heavy atom. The number of hydrogen-bond acceptors (Lipinski definition) is 7. The highest BCUT2D eigenvalue weighted by Gasteiger charge is 2.31. The topological polar surface area (TPSA) is 110 Å². The Morgan fingerprint density at radius 3 is 2.48 bits per heavy atom. The van der Waals surface area contributed by atoms with Gasteiger partial charge in [-0.1, -0.05) is 6.07 Å². The number of anilines is 1. The van der Waals surface area contributed by atoms with Crippen molar-refractivity contribution in [3.05, 3.63) is 29.8 Å². The molecular weight excluding hydrogens is 332 g/mol. The standard InChI is InChI=1S/C16H14N2O7/c19-12-4-5-13(20)18(12)11-3-1-2-10(8-11)15(22)25-9-14(21)17-6-7-24-16(17)23/h1-3,8H,4-7,9H2. The fourth-order valence-electron chi connectivity index (χ4n) is 2.55. The van der Waals surface area contributed by atoms with Gasteiger partial charge in [0.2, 0.25) is 11.8 Å². The zero-order valence-corrected chi connectivity index (χ0v) is 13.1. The van der Waals surface area contributed by atoms with Crippen molar-refractivity contribution in [2.24, 2.45) is 0 Å². The molecule has 0 aromatic heterocycles. The lowest BCUT2D eigenvalue weighted by molar-refractivity contribution is -0.131. The first kappa shape index (κ1) is 16.6. The number of hydrogen-bond donors (Lipinski definition) is 0. The number of rotatable bonds is 4. The van der Waals surface area contributed by atoms with E-state index >= 15 is 0 Å². The minimum Gasteiger partial charge on any atom is -0.452 e. The normalized spacial score (nSPS) is 17.0. The summed E-state index contributed by atoms with van der Waals surface area (Å²) in [5, 5.41) is 0. The minimum absolute atomic E-state index is 0.0850. The summed E-state index contributed by atoms with van der Waals surface area (Å²) in [6.45, 7) is -0.387. The molecule has 1 aromatic carbocycles. The Kier molecular flexibility index (Phi) is 4.46. The second-order valence-electron chi connectivity index (χ2n) is 5.41. The second kappa shape index (κ2) is 6.71. The second-order valence-corrected chi connectivity index (χ2v) is 5.41. The Hall–Kier alpha value is -3.23. The molecule has 25 heavy (non-hydrogen) atoms. The third kappa shape index (κ3) is 3.35. The fourth-order valence-corrected chi connectivity index (χ4v) is 2.55. The zero-order valence-electron chi connectivity index (χ0n) is 13.1. The van der Waals surface area contributed by atoms with E-state index in [1.54, 1.807) is 0 Å². The van der Waals surface area contributed by atoms with E-state index in [0.717, 1.165) is 9.80 Å². The van der Waals surface area contributed by atoms with Gasteiger partial charge in [-0.25, -0.2) is 14.5 Å². The summed E-state index contributed by atoms with van der Waals surface area (Å²) in [5.74, 6) is -2.16. The summed E-state index contributed by atoms with van der Waals surface area (Å²) in [5.41, 5.74) is 0.359. The van der Waals surface area contributed by atoms with E-state index in [1.807, 2.05) is 0 Å². The highest BCUT2D eigenvalue weighted by molar-refractivity contribution is 6.20. The molecule has 2 aliphatic heterocycles. The van der Waals surface area contributed by atoms with E-state index in [2.05, 4.69) is 4.74 Å². The molecule has 0 unspecified atom stereocenters. The molecule has 2 heterocycles. The van der Waals surface area contributed by atoms with Gasteiger partial charge in [0.1, 0.15) is 6.61 Å². The number of benzene rings is 1. The van der Waals surface area contributed by atoms with Crippen LogP contribution in [0, 0.1) is 0 Å². The Labute approximate surface area is 142 Å². The lowest BCUT2D eigenvalue weighted by Gasteiger charge is -2.15. The molecule has 3 rings (SSSR count). The van der Waals surface area contributed by atoms with Gasteiger partial charge in [0.05, 0.1) is 17.8 Å². The van der Waals surface area contributed by atoms with Crippen LogP contribution in [0.15, 0.2) is 24.3 Å². The van der Waals surface area contributed by atoms with Crippen LogP contribution in [0.4, 0.5) is 10.5 Å². The molecule has 2 fully saturated rings. The summed E-state index contributed by atoms with van der Waals surface area (Å²) >= 11 is 0. The molecule has 9 nitrogen and oxygen atoms in total. The van der Waals surface area contributed by atoms with Crippen LogP contribution in [0.2, 0.25) is 0 Å². The average Bonchev–Trinajstić information content (AvgIpc) is 3.18. The molecule has 2 aliphatic rings. The maximum absolute atomic E-state index is 12.1. The van der Waals surface area contributed by atoms with Gasteiger partial charge < -0.3 is 9.47 Å². The molecule has 1 aromatic rings. The Morgan fingerprint density at radius 2 is 1.84 bits per heavy atom. The smallest absolute Gasteiger partial charge is 0.416 e. The zero-order chi connectivity index (χ0) is 18.0. The Bertz CT molecular complexity index is 758. The number of imide groups is 2. The van der Waals surface area contributed by atoms with Crippen LogP contribution in [0.3, 0.4) is 0 Å². The monoisotopic (exact) mass is 346 g/mol. The molecule has 0 atom stereocenters. The molecule has 0 radical (unpaired) electrons. The molecule has 0 aliphatic carbocycles. The van der Waals surface area contributed by atoms with Crippen LogP contribution < -0.4 is 4.90 Å². The van der Waals surface area contributed by atoms with E-state index in [0.29, 0.717) is 0 Å². The highest BCUT2D eigenvalue weighted by Crippen LogP contribution is 2.23. The molecule has 0 N–H and O–H groups in total. The summed E-state index contributed by atoms with van der Waals surface area (Å²) in [6.07, 6.45) is -0.504. The van der Waals surface area contributed by atoms with Crippen LogP contribution in [-0.4, -0.2) is 54.4 Å². The van der Waals surface area contributed by atoms with Crippen LogP contribution in [0.5, 0.6) is 0 Å². The largest absolute Gasteiger partial charge is 0.452 e. The minimum atomic E-state index is -0.804. The van der Waals surface area contributed by atoms with Crippen molar-refractivity contribution in [1.82, 2.24) is 4.90 Å². The number of esters is 1. The summed E-state index contributed by atoms with van der Waals surface area (Å²) in [7, 11) is 0. The number of cyclic esters (lactones) is 1. The molecule has 0 saturated carbocycles. The molecule has 0 bridgehead atoms. The molecule has 130 valence electrons. The predicted octanol–water partition coefficient (Wildman–Crippen LogP) is 0.476. The van der Waals surface area contributed by atoms with E-state index in [4.69, 9.17) is 4.74 Å². The molecular formula is C16H14N2O7. The number of nitrogens with zero attached hydrogens (tertiary/aromatic N) is 2. The first-order valence-corrected chi connectivity index (χ1v) is 7.57. The van der Waals surface area contributed by atoms with Gasteiger partial charge in [0.25, 0.3) is 5.91 Å². The third-order valence-electron chi connectivity index (χ3n) is 3.78. The average molecular weight is 346 g/mol. The maximum atomic E-state index is 12.1. The van der Waals surface area contributed by atoms with E-state index < -0.39 is 24.6 Å². The van der Waals surface area contributed by atoms with Gasteiger partial charge in [0, 0.05) is 12.8 Å². The van der Waals surface area contributed by atoms with Crippen LogP contribution in [0.1, 0.15) is 23.2 Å². The van der Waals surface area contributed by atoms with E-state index in [-0.39, 0.29) is 49.1 Å². The van der Waals surface area contributed by atoms with Gasteiger partial charge in [-0.2, -0.15) is 0 Å². The number of carbonyl (C=O) groups excluding carboxylic acids is 5. The lowest BCUT2D eigenvalue weighted by Crippen LogP contribution is -2.35. The maximum Gasteiger partial charge on any atom is 0.416 e. The molecule has 9 heteroatoms. The van der Waals surface area contributed by atoms with Crippen LogP contribution >= 0.6 is 0 Å². The van der Waals surface area contributed by atoms with E-state index in [1.165, 1.54) is 24.3 Å². The van der Waals surface area contributed by atoms with Crippen molar-refractivity contribution in [3.63, 3.8) is 0 Å². The fraction of sp³-hybridized carbons (Fsp3) is 0.312. The van der Waals surface area contributed by atoms with Crippen molar-refractivity contribution < 1.29 is 33.4 Å². The van der Waals surface area contributed by atoms with Crippen LogP contribution in [-0.2, 0) is 23.9 Å². The van der Waals surface area contributed by atoms with Gasteiger partial charge >= 0.3 is 12.1 Å². The first-order valence-electron chi connectivity index (χ1n) is 7.57. The van der Waals surface area contributed by atoms with Gasteiger partial charge in [-0.15, -0.1) is 0 Å². The molecule has 0 spiro atoms. The SMILES string of the molecule is O=C(OCC(=O)N1CCOC1=O)c1cccc(N2C(=O)CCC2=O)c1. The number of amides is 4. The van der Waals surface area contributed by atoms with Crippen molar-refractivity contribution in [1.29, 1.82) is 0 Å². The van der Waals surface area contributed by atoms with Gasteiger partial charge in [0.15, 0.2) is 6.61 Å². The summed E-state index contributed by atoms with van der Waals surface area (Å²) < 4.78 is 9.52. The first-order chi connectivity index (χ1) is 12.0. The highest BCUT2D eigenvalue weighted by atomic mass is 16.6. The quantitative estimate of drug-likeness (QED) is 0.576. The third-order valence-corrected chi connectivity index (χ3v) is 3.78. The predicted molar refractivity (Wildman–Crippen MR) is 81.5 cm³/mol. The summed E-state index contributed by atoms with van der Waals surface area (Å²) in [4.78, 5) is 60.5. The lowest BCUT2D eigenvalue weighted by atomic mass is 10.2.